The number of aromatic hydroxyl groups is 1. The van der Waals surface area contributed by atoms with Crippen molar-refractivity contribution in [2.24, 2.45) is 5.73 Å². The van der Waals surface area contributed by atoms with Crippen LogP contribution in [0.5, 0.6) is 5.75 Å². The molecule has 3 rings (SSSR count). The van der Waals surface area contributed by atoms with Crippen LogP contribution >= 0.6 is 0 Å². The van der Waals surface area contributed by atoms with Crippen LogP contribution in [0.2, 0.25) is 0 Å². The zero-order valence-electron chi connectivity index (χ0n) is 14.2. The topological polar surface area (TPSA) is 107 Å². The second kappa shape index (κ2) is 6.80. The zero-order chi connectivity index (χ0) is 18.0. The van der Waals surface area contributed by atoms with Crippen LogP contribution in [0.3, 0.4) is 0 Å². The second-order valence-electron chi connectivity index (χ2n) is 6.06. The highest BCUT2D eigenvalue weighted by atomic mass is 16.5. The molecular formula is C18H20N4O3. The first-order chi connectivity index (χ1) is 11.9. The summed E-state index contributed by atoms with van der Waals surface area (Å²) < 4.78 is 7.08. The average Bonchev–Trinajstić information content (AvgIpc) is 3.06. The molecular weight excluding hydrogens is 320 g/mol. The molecule has 0 unspecified atom stereocenters. The highest BCUT2D eigenvalue weighted by Gasteiger charge is 2.18. The van der Waals surface area contributed by atoms with Crippen molar-refractivity contribution < 1.29 is 14.4 Å². The lowest BCUT2D eigenvalue weighted by molar-refractivity contribution is -0.117. The first-order valence-electron chi connectivity index (χ1n) is 7.95. The Morgan fingerprint density at radius 3 is 2.80 bits per heavy atom. The molecule has 0 spiro atoms. The molecule has 0 aliphatic rings. The van der Waals surface area contributed by atoms with Crippen molar-refractivity contribution in [1.29, 1.82) is 0 Å². The fourth-order valence-corrected chi connectivity index (χ4v) is 2.88. The van der Waals surface area contributed by atoms with Gasteiger partial charge in [-0.1, -0.05) is 17.3 Å². The molecule has 3 aromatic rings. The first-order valence-corrected chi connectivity index (χ1v) is 7.95. The predicted octanol–water partition coefficient (Wildman–Crippen LogP) is 1.86. The van der Waals surface area contributed by atoms with Gasteiger partial charge in [-0.2, -0.15) is 0 Å². The van der Waals surface area contributed by atoms with Gasteiger partial charge >= 0.3 is 0 Å². The summed E-state index contributed by atoms with van der Waals surface area (Å²) in [6.07, 6.45) is 2.31. The number of aromatic nitrogens is 3. The fourth-order valence-electron chi connectivity index (χ4n) is 2.88. The number of phenolic OH excluding ortho intramolecular Hbond substituents is 1. The highest BCUT2D eigenvalue weighted by molar-refractivity contribution is 5.76. The van der Waals surface area contributed by atoms with Crippen LogP contribution in [0.15, 0.2) is 35.1 Å². The van der Waals surface area contributed by atoms with Crippen LogP contribution in [0.25, 0.3) is 0 Å². The van der Waals surface area contributed by atoms with Crippen LogP contribution < -0.4 is 5.73 Å². The van der Waals surface area contributed by atoms with Crippen molar-refractivity contribution in [3.63, 3.8) is 0 Å². The maximum absolute atomic E-state index is 11.5. The van der Waals surface area contributed by atoms with Crippen LogP contribution in [-0.4, -0.2) is 25.7 Å². The van der Waals surface area contributed by atoms with E-state index >= 15 is 0 Å². The van der Waals surface area contributed by atoms with Gasteiger partial charge in [-0.25, -0.2) is 4.98 Å². The molecule has 2 heterocycles. The van der Waals surface area contributed by atoms with Crippen LogP contribution in [-0.2, 0) is 24.2 Å². The number of nitrogens with zero attached hydrogens (tertiary/aromatic N) is 3. The molecule has 0 saturated heterocycles. The van der Waals surface area contributed by atoms with E-state index in [1.807, 2.05) is 24.5 Å². The molecule has 1 aromatic carbocycles. The number of benzene rings is 1. The maximum atomic E-state index is 11.5. The van der Waals surface area contributed by atoms with E-state index in [4.69, 9.17) is 10.3 Å². The molecule has 0 aliphatic carbocycles. The minimum absolute atomic E-state index is 0.0948. The summed E-state index contributed by atoms with van der Waals surface area (Å²) in [6.45, 7) is 4.22. The molecule has 25 heavy (non-hydrogen) atoms. The molecule has 0 saturated carbocycles. The van der Waals surface area contributed by atoms with E-state index in [2.05, 4.69) is 10.1 Å². The number of rotatable bonds is 6. The van der Waals surface area contributed by atoms with Crippen LogP contribution in [0, 0.1) is 13.8 Å². The molecule has 7 heteroatoms. The SMILES string of the molecule is Cc1noc(C)c1Cc1ncn(Cc2cccc(O)c2)c1CC(N)=O. The predicted molar refractivity (Wildman–Crippen MR) is 91.1 cm³/mol. The second-order valence-corrected chi connectivity index (χ2v) is 6.06. The minimum Gasteiger partial charge on any atom is -0.508 e. The number of primary amides is 1. The molecule has 0 radical (unpaired) electrons. The Kier molecular flexibility index (Phi) is 4.56. The van der Waals surface area contributed by atoms with Crippen molar-refractivity contribution >= 4 is 5.91 Å². The number of nitrogens with two attached hydrogens (primary N) is 1. The third-order valence-corrected chi connectivity index (χ3v) is 4.16. The van der Waals surface area contributed by atoms with E-state index in [9.17, 15) is 9.90 Å². The largest absolute Gasteiger partial charge is 0.508 e. The van der Waals surface area contributed by atoms with E-state index in [0.717, 1.165) is 34.0 Å². The molecule has 0 aliphatic heterocycles. The number of aryl methyl sites for hydroxylation is 2. The summed E-state index contributed by atoms with van der Waals surface area (Å²) in [5.74, 6) is 0.521. The summed E-state index contributed by atoms with van der Waals surface area (Å²) in [7, 11) is 0. The number of hydrogen-bond donors (Lipinski definition) is 2. The first kappa shape index (κ1) is 16.8. The molecule has 0 atom stereocenters. The van der Waals surface area contributed by atoms with Gasteiger partial charge in [-0.05, 0) is 31.5 Å². The molecule has 0 fully saturated rings. The molecule has 2 aromatic heterocycles. The van der Waals surface area contributed by atoms with Gasteiger partial charge in [0, 0.05) is 18.5 Å². The van der Waals surface area contributed by atoms with Crippen molar-refractivity contribution in [2.45, 2.75) is 33.2 Å². The van der Waals surface area contributed by atoms with Crippen molar-refractivity contribution in [2.75, 3.05) is 0 Å². The lowest BCUT2D eigenvalue weighted by Crippen LogP contribution is -2.18. The number of amides is 1. The quantitative estimate of drug-likeness (QED) is 0.712. The molecule has 1 amide bonds. The lowest BCUT2D eigenvalue weighted by Gasteiger charge is -2.09. The van der Waals surface area contributed by atoms with Gasteiger partial charge in [0.25, 0.3) is 0 Å². The molecule has 0 bridgehead atoms. The molecule has 130 valence electrons. The van der Waals surface area contributed by atoms with Gasteiger partial charge < -0.3 is 19.9 Å². The molecule has 7 nitrogen and oxygen atoms in total. The van der Waals surface area contributed by atoms with Gasteiger partial charge in [-0.15, -0.1) is 0 Å². The number of hydrogen-bond acceptors (Lipinski definition) is 5. The number of phenols is 1. The van der Waals surface area contributed by atoms with E-state index in [-0.39, 0.29) is 12.2 Å². The summed E-state index contributed by atoms with van der Waals surface area (Å²) in [4.78, 5) is 16.0. The van der Waals surface area contributed by atoms with E-state index in [1.54, 1.807) is 24.5 Å². The van der Waals surface area contributed by atoms with Crippen LogP contribution in [0.1, 0.15) is 34.0 Å². The Morgan fingerprint density at radius 2 is 2.16 bits per heavy atom. The van der Waals surface area contributed by atoms with E-state index < -0.39 is 5.91 Å². The Bertz CT molecular complexity index is 891. The van der Waals surface area contributed by atoms with Gasteiger partial charge in [0.05, 0.1) is 29.8 Å². The number of imidazole rings is 1. The summed E-state index contributed by atoms with van der Waals surface area (Å²) >= 11 is 0. The van der Waals surface area contributed by atoms with Crippen LogP contribution in [0.4, 0.5) is 0 Å². The standard InChI is InChI=1S/C18H20N4O3/c1-11-15(12(2)25-21-11)7-16-17(8-18(19)24)22(10-20-16)9-13-4-3-5-14(23)6-13/h3-6,10,23H,7-9H2,1-2H3,(H2,19,24). The Hall–Kier alpha value is -3.09. The summed E-state index contributed by atoms with van der Waals surface area (Å²) in [6, 6.07) is 6.98. The van der Waals surface area contributed by atoms with Crippen molar-refractivity contribution in [3.8, 4) is 5.75 Å². The van der Waals surface area contributed by atoms with Crippen molar-refractivity contribution in [3.05, 3.63) is 64.6 Å². The average molecular weight is 340 g/mol. The summed E-state index contributed by atoms with van der Waals surface area (Å²) in [5, 5.41) is 13.6. The fraction of sp³-hybridized carbons (Fsp3) is 0.278. The number of carbonyl (C=O) groups excluding carboxylic acids is 1. The normalized spacial score (nSPS) is 11.0. The zero-order valence-corrected chi connectivity index (χ0v) is 14.2. The van der Waals surface area contributed by atoms with E-state index in [1.165, 1.54) is 0 Å². The van der Waals surface area contributed by atoms with E-state index in [0.29, 0.717) is 13.0 Å². The van der Waals surface area contributed by atoms with Gasteiger partial charge in [0.2, 0.25) is 5.91 Å². The maximum Gasteiger partial charge on any atom is 0.223 e. The van der Waals surface area contributed by atoms with Gasteiger partial charge in [-0.3, -0.25) is 4.79 Å². The van der Waals surface area contributed by atoms with Gasteiger partial charge in [0.1, 0.15) is 11.5 Å². The monoisotopic (exact) mass is 340 g/mol. The smallest absolute Gasteiger partial charge is 0.223 e. The Balaban J connectivity index is 1.94. The third-order valence-electron chi connectivity index (χ3n) is 4.16. The lowest BCUT2D eigenvalue weighted by atomic mass is 10.1. The minimum atomic E-state index is -0.419. The summed E-state index contributed by atoms with van der Waals surface area (Å²) in [5.41, 5.74) is 9.64. The van der Waals surface area contributed by atoms with Crippen molar-refractivity contribution in [1.82, 2.24) is 14.7 Å². The highest BCUT2D eigenvalue weighted by Crippen LogP contribution is 2.21. The third kappa shape index (κ3) is 3.71. The number of carbonyl (C=O) groups is 1. The molecule has 3 N–H and O–H groups in total. The Labute approximate surface area is 145 Å². The Morgan fingerprint density at radius 1 is 1.36 bits per heavy atom. The van der Waals surface area contributed by atoms with Gasteiger partial charge in [0.15, 0.2) is 0 Å².